The van der Waals surface area contributed by atoms with E-state index in [4.69, 9.17) is 10.5 Å². The van der Waals surface area contributed by atoms with Gasteiger partial charge in [0.25, 0.3) is 0 Å². The van der Waals surface area contributed by atoms with Crippen molar-refractivity contribution in [2.75, 3.05) is 18.2 Å². The maximum atomic E-state index is 10.6. The number of anilines is 2. The molecular formula is C13H14N4O3. The third kappa shape index (κ3) is 2.94. The minimum atomic E-state index is -0.563. The smallest absolute Gasteiger partial charge is 0.311 e. The summed E-state index contributed by atoms with van der Waals surface area (Å²) < 4.78 is 5.23. The van der Waals surface area contributed by atoms with Crippen molar-refractivity contribution >= 4 is 17.3 Å². The van der Waals surface area contributed by atoms with Crippen LogP contribution in [0.3, 0.4) is 0 Å². The molecule has 0 aliphatic heterocycles. The molecule has 7 heteroatoms. The van der Waals surface area contributed by atoms with E-state index in [1.807, 2.05) is 24.3 Å². The van der Waals surface area contributed by atoms with Crippen LogP contribution in [0.25, 0.3) is 0 Å². The fourth-order valence-corrected chi connectivity index (χ4v) is 1.76. The van der Waals surface area contributed by atoms with Gasteiger partial charge in [-0.05, 0) is 12.1 Å². The van der Waals surface area contributed by atoms with Gasteiger partial charge in [0, 0.05) is 18.2 Å². The van der Waals surface area contributed by atoms with Crippen molar-refractivity contribution in [3.8, 4) is 5.75 Å². The Bertz CT molecular complexity index is 631. The van der Waals surface area contributed by atoms with Crippen LogP contribution in [-0.2, 0) is 6.54 Å². The zero-order chi connectivity index (χ0) is 14.5. The summed E-state index contributed by atoms with van der Waals surface area (Å²) in [6.07, 6.45) is 0. The van der Waals surface area contributed by atoms with Crippen LogP contribution in [0.5, 0.6) is 5.75 Å². The van der Waals surface area contributed by atoms with Crippen molar-refractivity contribution in [1.82, 2.24) is 4.98 Å². The number of nitrogens with one attached hydrogen (secondary N) is 1. The highest BCUT2D eigenvalue weighted by molar-refractivity contribution is 5.57. The van der Waals surface area contributed by atoms with Gasteiger partial charge in [-0.15, -0.1) is 0 Å². The van der Waals surface area contributed by atoms with Gasteiger partial charge in [0.15, 0.2) is 0 Å². The molecule has 0 atom stereocenters. The normalized spacial score (nSPS) is 10.1. The summed E-state index contributed by atoms with van der Waals surface area (Å²) in [5.74, 6) is 1.12. The summed E-state index contributed by atoms with van der Waals surface area (Å²) in [7, 11) is 1.60. The summed E-state index contributed by atoms with van der Waals surface area (Å²) in [6.45, 7) is 0.480. The van der Waals surface area contributed by atoms with E-state index in [1.165, 1.54) is 12.1 Å². The SMILES string of the molecule is COc1ccccc1CNc1ccc([N+](=O)[O-])c(N)n1. The van der Waals surface area contributed by atoms with Gasteiger partial charge in [0.1, 0.15) is 11.6 Å². The molecule has 0 aliphatic rings. The molecule has 0 fully saturated rings. The topological polar surface area (TPSA) is 103 Å². The molecule has 0 radical (unpaired) electrons. The molecule has 1 heterocycles. The van der Waals surface area contributed by atoms with Gasteiger partial charge < -0.3 is 15.8 Å². The van der Waals surface area contributed by atoms with Crippen molar-refractivity contribution in [2.45, 2.75) is 6.54 Å². The number of pyridine rings is 1. The van der Waals surface area contributed by atoms with Crippen molar-refractivity contribution in [1.29, 1.82) is 0 Å². The van der Waals surface area contributed by atoms with Gasteiger partial charge in [-0.3, -0.25) is 10.1 Å². The maximum Gasteiger partial charge on any atom is 0.311 e. The van der Waals surface area contributed by atoms with E-state index >= 15 is 0 Å². The van der Waals surface area contributed by atoms with Crippen molar-refractivity contribution in [3.63, 3.8) is 0 Å². The summed E-state index contributed by atoms with van der Waals surface area (Å²) >= 11 is 0. The van der Waals surface area contributed by atoms with Gasteiger partial charge >= 0.3 is 5.69 Å². The molecule has 2 rings (SSSR count). The van der Waals surface area contributed by atoms with E-state index in [-0.39, 0.29) is 11.5 Å². The Kier molecular flexibility index (Phi) is 3.99. The Morgan fingerprint density at radius 3 is 2.75 bits per heavy atom. The predicted molar refractivity (Wildman–Crippen MR) is 75.6 cm³/mol. The summed E-state index contributed by atoms with van der Waals surface area (Å²) in [5.41, 5.74) is 6.28. The lowest BCUT2D eigenvalue weighted by Crippen LogP contribution is -2.05. The summed E-state index contributed by atoms with van der Waals surface area (Å²) in [4.78, 5) is 14.0. The molecule has 2 aromatic rings. The molecule has 3 N–H and O–H groups in total. The monoisotopic (exact) mass is 274 g/mol. The van der Waals surface area contributed by atoms with Gasteiger partial charge in [-0.1, -0.05) is 18.2 Å². The van der Waals surface area contributed by atoms with Gasteiger partial charge in [-0.25, -0.2) is 4.98 Å². The van der Waals surface area contributed by atoms with Crippen LogP contribution < -0.4 is 15.8 Å². The van der Waals surface area contributed by atoms with Crippen molar-refractivity contribution < 1.29 is 9.66 Å². The molecular weight excluding hydrogens is 260 g/mol. The molecule has 20 heavy (non-hydrogen) atoms. The van der Waals surface area contributed by atoms with Crippen molar-refractivity contribution in [3.05, 3.63) is 52.1 Å². The largest absolute Gasteiger partial charge is 0.496 e. The summed E-state index contributed by atoms with van der Waals surface area (Å²) in [6, 6.07) is 10.4. The first-order chi connectivity index (χ1) is 9.61. The molecule has 104 valence electrons. The Labute approximate surface area is 115 Å². The molecule has 7 nitrogen and oxygen atoms in total. The molecule has 0 bridgehead atoms. The fourth-order valence-electron chi connectivity index (χ4n) is 1.76. The van der Waals surface area contributed by atoms with Crippen LogP contribution in [0.15, 0.2) is 36.4 Å². The molecule has 0 saturated carbocycles. The minimum Gasteiger partial charge on any atom is -0.496 e. The zero-order valence-electron chi connectivity index (χ0n) is 10.9. The number of aromatic nitrogens is 1. The van der Waals surface area contributed by atoms with Crippen LogP contribution in [0.1, 0.15) is 5.56 Å². The zero-order valence-corrected chi connectivity index (χ0v) is 10.9. The lowest BCUT2D eigenvalue weighted by atomic mass is 10.2. The molecule has 0 aliphatic carbocycles. The van der Waals surface area contributed by atoms with Crippen LogP contribution in [0.4, 0.5) is 17.3 Å². The van der Waals surface area contributed by atoms with E-state index in [2.05, 4.69) is 10.3 Å². The Morgan fingerprint density at radius 2 is 2.10 bits per heavy atom. The lowest BCUT2D eigenvalue weighted by Gasteiger charge is -2.10. The molecule has 0 unspecified atom stereocenters. The van der Waals surface area contributed by atoms with E-state index in [0.717, 1.165) is 11.3 Å². The average Bonchev–Trinajstić information content (AvgIpc) is 2.45. The number of ether oxygens (including phenoxy) is 1. The number of nitrogen functional groups attached to an aromatic ring is 1. The van der Waals surface area contributed by atoms with Gasteiger partial charge in [0.2, 0.25) is 5.82 Å². The third-order valence-corrected chi connectivity index (χ3v) is 2.75. The second-order valence-electron chi connectivity index (χ2n) is 4.02. The van der Waals surface area contributed by atoms with E-state index in [9.17, 15) is 10.1 Å². The highest BCUT2D eigenvalue weighted by Gasteiger charge is 2.12. The van der Waals surface area contributed by atoms with Gasteiger partial charge in [0.05, 0.1) is 12.0 Å². The minimum absolute atomic E-state index is 0.111. The standard InChI is InChI=1S/C13H14N4O3/c1-20-11-5-3-2-4-9(11)8-15-12-7-6-10(17(18)19)13(14)16-12/h2-7H,8H2,1H3,(H3,14,15,16). The van der Waals surface area contributed by atoms with Gasteiger partial charge in [-0.2, -0.15) is 0 Å². The van der Waals surface area contributed by atoms with E-state index in [0.29, 0.717) is 12.4 Å². The number of hydrogen-bond donors (Lipinski definition) is 2. The Morgan fingerprint density at radius 1 is 1.35 bits per heavy atom. The second-order valence-corrected chi connectivity index (χ2v) is 4.02. The molecule has 0 spiro atoms. The molecule has 0 saturated heterocycles. The second kappa shape index (κ2) is 5.87. The number of para-hydroxylation sites is 1. The lowest BCUT2D eigenvalue weighted by molar-refractivity contribution is -0.384. The Balaban J connectivity index is 2.11. The predicted octanol–water partition coefficient (Wildman–Crippen LogP) is 2.19. The highest BCUT2D eigenvalue weighted by Crippen LogP contribution is 2.22. The Hall–Kier alpha value is -2.83. The molecule has 1 aromatic heterocycles. The van der Waals surface area contributed by atoms with Crippen LogP contribution in [0, 0.1) is 10.1 Å². The first-order valence-corrected chi connectivity index (χ1v) is 5.88. The first-order valence-electron chi connectivity index (χ1n) is 5.88. The van der Waals surface area contributed by atoms with E-state index in [1.54, 1.807) is 7.11 Å². The number of nitrogens with zero attached hydrogens (tertiary/aromatic N) is 2. The fraction of sp³-hybridized carbons (Fsp3) is 0.154. The van der Waals surface area contributed by atoms with Crippen LogP contribution >= 0.6 is 0 Å². The summed E-state index contributed by atoms with van der Waals surface area (Å²) in [5, 5.41) is 13.7. The number of hydrogen-bond acceptors (Lipinski definition) is 6. The maximum absolute atomic E-state index is 10.6. The number of nitrogens with two attached hydrogens (primary N) is 1. The van der Waals surface area contributed by atoms with Crippen molar-refractivity contribution in [2.24, 2.45) is 0 Å². The number of methoxy groups -OCH3 is 1. The number of nitro groups is 1. The van der Waals surface area contributed by atoms with E-state index < -0.39 is 4.92 Å². The first kappa shape index (κ1) is 13.6. The quantitative estimate of drug-likeness (QED) is 0.640. The molecule has 0 amide bonds. The highest BCUT2D eigenvalue weighted by atomic mass is 16.6. The average molecular weight is 274 g/mol. The third-order valence-electron chi connectivity index (χ3n) is 2.75. The number of benzene rings is 1. The number of rotatable bonds is 5. The van der Waals surface area contributed by atoms with Crippen LogP contribution in [-0.4, -0.2) is 17.0 Å². The van der Waals surface area contributed by atoms with Crippen LogP contribution in [0.2, 0.25) is 0 Å². The molecule has 1 aromatic carbocycles.